The molecule has 9 heteroatoms. The first-order valence-corrected chi connectivity index (χ1v) is 7.55. The summed E-state index contributed by atoms with van der Waals surface area (Å²) in [7, 11) is 0. The summed E-state index contributed by atoms with van der Waals surface area (Å²) >= 11 is 3.07. The molecule has 126 valence electrons. The quantitative estimate of drug-likeness (QED) is 0.330. The van der Waals surface area contributed by atoms with E-state index in [1.807, 2.05) is 0 Å². The molecule has 1 rings (SSSR count). The van der Waals surface area contributed by atoms with Gasteiger partial charge in [0, 0.05) is 16.7 Å². The summed E-state index contributed by atoms with van der Waals surface area (Å²) in [5.41, 5.74) is -1.65. The zero-order valence-corrected chi connectivity index (χ0v) is 14.7. The number of hydrogen-bond donors (Lipinski definition) is 0. The Balaban J connectivity index is 3.38. The number of nitrogens with zero attached hydrogens (tertiary/aromatic N) is 2. The SMILES string of the molecule is CCOC(=O)C(C(=O)OC(C)(C)C)c1ncc(Br)cc1[N+](=O)[O-]. The zero-order valence-electron chi connectivity index (χ0n) is 13.2. The van der Waals surface area contributed by atoms with Crippen molar-refractivity contribution in [2.45, 2.75) is 39.2 Å². The lowest BCUT2D eigenvalue weighted by Gasteiger charge is -2.22. The van der Waals surface area contributed by atoms with Crippen molar-refractivity contribution >= 4 is 33.6 Å². The van der Waals surface area contributed by atoms with Crippen molar-refractivity contribution in [3.05, 3.63) is 32.5 Å². The number of ether oxygens (including phenoxy) is 2. The average Bonchev–Trinajstić information content (AvgIpc) is 2.38. The van der Waals surface area contributed by atoms with Crippen LogP contribution in [-0.2, 0) is 19.1 Å². The van der Waals surface area contributed by atoms with Crippen molar-refractivity contribution in [1.82, 2.24) is 4.98 Å². The topological polar surface area (TPSA) is 109 Å². The molecule has 8 nitrogen and oxygen atoms in total. The predicted octanol–water partition coefficient (Wildman–Crippen LogP) is 2.74. The number of halogens is 1. The molecule has 0 N–H and O–H groups in total. The molecule has 0 aliphatic heterocycles. The second-order valence-corrected chi connectivity index (χ2v) is 6.45. The molecule has 0 bridgehead atoms. The first-order chi connectivity index (χ1) is 10.6. The minimum Gasteiger partial charge on any atom is -0.465 e. The van der Waals surface area contributed by atoms with Gasteiger partial charge in [0.2, 0.25) is 5.92 Å². The van der Waals surface area contributed by atoms with Crippen LogP contribution >= 0.6 is 15.9 Å². The van der Waals surface area contributed by atoms with Crippen molar-refractivity contribution in [2.75, 3.05) is 6.61 Å². The maximum Gasteiger partial charge on any atom is 0.327 e. The van der Waals surface area contributed by atoms with Crippen molar-refractivity contribution in [3.63, 3.8) is 0 Å². The molecule has 0 saturated carbocycles. The van der Waals surface area contributed by atoms with Gasteiger partial charge in [-0.25, -0.2) is 0 Å². The van der Waals surface area contributed by atoms with Crippen molar-refractivity contribution in [3.8, 4) is 0 Å². The number of hydrogen-bond acceptors (Lipinski definition) is 7. The monoisotopic (exact) mass is 388 g/mol. The van der Waals surface area contributed by atoms with E-state index >= 15 is 0 Å². The third kappa shape index (κ3) is 5.27. The van der Waals surface area contributed by atoms with Crippen LogP contribution < -0.4 is 0 Å². The molecule has 23 heavy (non-hydrogen) atoms. The number of rotatable bonds is 5. The van der Waals surface area contributed by atoms with Gasteiger partial charge >= 0.3 is 11.9 Å². The maximum absolute atomic E-state index is 12.3. The summed E-state index contributed by atoms with van der Waals surface area (Å²) in [6.07, 6.45) is 1.26. The molecule has 0 aliphatic rings. The Kier molecular flexibility index (Phi) is 6.20. The van der Waals surface area contributed by atoms with Gasteiger partial charge in [-0.05, 0) is 43.6 Å². The second kappa shape index (κ2) is 7.49. The first-order valence-electron chi connectivity index (χ1n) is 6.76. The van der Waals surface area contributed by atoms with E-state index in [0.717, 1.165) is 0 Å². The van der Waals surface area contributed by atoms with Crippen molar-refractivity contribution < 1.29 is 24.0 Å². The van der Waals surface area contributed by atoms with E-state index in [1.54, 1.807) is 27.7 Å². The molecule has 0 amide bonds. The third-order valence-electron chi connectivity index (χ3n) is 2.50. The molecule has 1 atom stereocenters. The van der Waals surface area contributed by atoms with E-state index in [9.17, 15) is 19.7 Å². The third-order valence-corrected chi connectivity index (χ3v) is 2.93. The van der Waals surface area contributed by atoms with Crippen molar-refractivity contribution in [2.24, 2.45) is 0 Å². The van der Waals surface area contributed by atoms with Crippen LogP contribution in [0.15, 0.2) is 16.7 Å². The average molecular weight is 389 g/mol. The Morgan fingerprint density at radius 3 is 2.48 bits per heavy atom. The largest absolute Gasteiger partial charge is 0.465 e. The van der Waals surface area contributed by atoms with Crippen LogP contribution in [0.3, 0.4) is 0 Å². The van der Waals surface area contributed by atoms with E-state index in [1.165, 1.54) is 12.3 Å². The standard InChI is InChI=1S/C14H17BrN2O6/c1-5-22-12(18)10(13(19)23-14(2,3)4)11-9(17(20)21)6-8(15)7-16-11/h6-7,10H,5H2,1-4H3. The number of carbonyl (C=O) groups excluding carboxylic acids is 2. The minimum absolute atomic E-state index is 0.0163. The van der Waals surface area contributed by atoms with Crippen LogP contribution in [0.1, 0.15) is 39.3 Å². The van der Waals surface area contributed by atoms with Crippen molar-refractivity contribution in [1.29, 1.82) is 0 Å². The van der Waals surface area contributed by atoms with Crippen LogP contribution in [0.5, 0.6) is 0 Å². The van der Waals surface area contributed by atoms with Gasteiger partial charge in [-0.1, -0.05) is 0 Å². The molecule has 1 aromatic rings. The fourth-order valence-electron chi connectivity index (χ4n) is 1.71. The lowest BCUT2D eigenvalue weighted by atomic mass is 10.0. The maximum atomic E-state index is 12.3. The highest BCUT2D eigenvalue weighted by Gasteiger charge is 2.40. The van der Waals surface area contributed by atoms with Crippen LogP contribution in [0.2, 0.25) is 0 Å². The lowest BCUT2D eigenvalue weighted by Crippen LogP contribution is -2.33. The Hall–Kier alpha value is -2.03. The zero-order chi connectivity index (χ0) is 17.8. The summed E-state index contributed by atoms with van der Waals surface area (Å²) in [4.78, 5) is 38.8. The summed E-state index contributed by atoms with van der Waals surface area (Å²) in [5.74, 6) is -3.52. The van der Waals surface area contributed by atoms with Gasteiger partial charge < -0.3 is 9.47 Å². The normalized spacial score (nSPS) is 12.4. The van der Waals surface area contributed by atoms with Crippen LogP contribution in [0.4, 0.5) is 5.69 Å². The molecular weight excluding hydrogens is 372 g/mol. The Bertz CT molecular complexity index is 626. The summed E-state index contributed by atoms with van der Waals surface area (Å²) < 4.78 is 10.4. The van der Waals surface area contributed by atoms with E-state index in [-0.39, 0.29) is 12.3 Å². The summed E-state index contributed by atoms with van der Waals surface area (Å²) in [6, 6.07) is 1.17. The summed E-state index contributed by atoms with van der Waals surface area (Å²) in [6.45, 7) is 6.44. The Morgan fingerprint density at radius 1 is 1.39 bits per heavy atom. The van der Waals surface area contributed by atoms with E-state index < -0.39 is 34.1 Å². The Labute approximate surface area is 141 Å². The molecule has 0 aliphatic carbocycles. The van der Waals surface area contributed by atoms with Gasteiger partial charge in [0.15, 0.2) is 0 Å². The van der Waals surface area contributed by atoms with Gasteiger partial charge in [-0.2, -0.15) is 0 Å². The molecule has 1 heterocycles. The first kappa shape index (κ1) is 19.0. The fraction of sp³-hybridized carbons (Fsp3) is 0.500. The highest BCUT2D eigenvalue weighted by molar-refractivity contribution is 9.10. The van der Waals surface area contributed by atoms with Gasteiger partial charge in [-0.15, -0.1) is 0 Å². The van der Waals surface area contributed by atoms with Gasteiger partial charge in [0.1, 0.15) is 11.3 Å². The molecule has 0 radical (unpaired) electrons. The number of pyridine rings is 1. The second-order valence-electron chi connectivity index (χ2n) is 5.53. The van der Waals surface area contributed by atoms with Crippen LogP contribution in [0, 0.1) is 10.1 Å². The highest BCUT2D eigenvalue weighted by atomic mass is 79.9. The number of carbonyl (C=O) groups is 2. The van der Waals surface area contributed by atoms with Crippen LogP contribution in [-0.4, -0.2) is 34.1 Å². The van der Waals surface area contributed by atoms with E-state index in [2.05, 4.69) is 20.9 Å². The summed E-state index contributed by atoms with van der Waals surface area (Å²) in [5, 5.41) is 11.2. The number of aromatic nitrogens is 1. The van der Waals surface area contributed by atoms with E-state index in [4.69, 9.17) is 9.47 Å². The number of esters is 2. The minimum atomic E-state index is -1.62. The van der Waals surface area contributed by atoms with Gasteiger partial charge in [0.05, 0.1) is 11.5 Å². The molecule has 0 fully saturated rings. The molecule has 1 unspecified atom stereocenters. The molecular formula is C14H17BrN2O6. The van der Waals surface area contributed by atoms with Crippen LogP contribution in [0.25, 0.3) is 0 Å². The molecule has 1 aromatic heterocycles. The molecule has 0 saturated heterocycles. The predicted molar refractivity (Wildman–Crippen MR) is 83.8 cm³/mol. The molecule has 0 aromatic carbocycles. The smallest absolute Gasteiger partial charge is 0.327 e. The molecule has 0 spiro atoms. The van der Waals surface area contributed by atoms with Gasteiger partial charge in [-0.3, -0.25) is 24.7 Å². The van der Waals surface area contributed by atoms with Gasteiger partial charge in [0.25, 0.3) is 5.69 Å². The highest BCUT2D eigenvalue weighted by Crippen LogP contribution is 2.30. The Morgan fingerprint density at radius 2 is 2.00 bits per heavy atom. The number of nitro groups is 1. The lowest BCUT2D eigenvalue weighted by molar-refractivity contribution is -0.386. The fourth-order valence-corrected chi connectivity index (χ4v) is 2.03. The van der Waals surface area contributed by atoms with E-state index in [0.29, 0.717) is 4.47 Å².